The van der Waals surface area contributed by atoms with Crippen molar-refractivity contribution in [1.82, 2.24) is 4.98 Å². The zero-order valence-electron chi connectivity index (χ0n) is 24.7. The van der Waals surface area contributed by atoms with Gasteiger partial charge in [0.2, 0.25) is 5.91 Å². The minimum absolute atomic E-state index is 0.108. The average Bonchev–Trinajstić information content (AvgIpc) is 3.02. The summed E-state index contributed by atoms with van der Waals surface area (Å²) < 4.78 is 10.6. The number of aromatic nitrogens is 1. The Labute approximate surface area is 259 Å². The Kier molecular flexibility index (Phi) is 10.3. The molecule has 4 aromatic rings. The van der Waals surface area contributed by atoms with Crippen molar-refractivity contribution < 1.29 is 24.0 Å². The maximum absolute atomic E-state index is 13.7. The number of nitriles is 1. The summed E-state index contributed by atoms with van der Waals surface area (Å²) in [5, 5.41) is 22.2. The lowest BCUT2D eigenvalue weighted by atomic mass is 9.98. The molecule has 0 N–H and O–H groups in total. The number of amides is 1. The fraction of sp³-hybridized carbons (Fsp3) is 0.212. The smallest absolute Gasteiger partial charge is 0.326 e. The number of pyridine rings is 1. The summed E-state index contributed by atoms with van der Waals surface area (Å²) in [4.78, 5) is 43.1. The van der Waals surface area contributed by atoms with Gasteiger partial charge in [-0.2, -0.15) is 5.26 Å². The van der Waals surface area contributed by atoms with E-state index in [9.17, 15) is 25.0 Å². The van der Waals surface area contributed by atoms with E-state index in [2.05, 4.69) is 6.07 Å². The number of anilines is 1. The van der Waals surface area contributed by atoms with Crippen LogP contribution in [0, 0.1) is 35.3 Å². The van der Waals surface area contributed by atoms with Crippen LogP contribution in [0.2, 0.25) is 0 Å². The molecule has 1 amide bonds. The Morgan fingerprint density at radius 2 is 1.77 bits per heavy atom. The first-order chi connectivity index (χ1) is 21.2. The van der Waals surface area contributed by atoms with Crippen molar-refractivity contribution in [1.29, 1.82) is 5.26 Å². The third kappa shape index (κ3) is 7.22. The second-order valence-electron chi connectivity index (χ2n) is 9.71. The molecular weight excluding hydrogens is 580 g/mol. The second kappa shape index (κ2) is 14.3. The number of nitro benzene ring substituents is 1. The van der Waals surface area contributed by atoms with Crippen molar-refractivity contribution >= 4 is 35.0 Å². The van der Waals surface area contributed by atoms with Gasteiger partial charge in [-0.3, -0.25) is 19.7 Å². The number of methoxy groups -OCH3 is 1. The monoisotopic (exact) mass is 610 g/mol. The Morgan fingerprint density at radius 3 is 2.43 bits per heavy atom. The molecule has 11 heteroatoms. The number of carbonyl (C=O) groups is 2. The minimum atomic E-state index is -0.662. The van der Waals surface area contributed by atoms with Gasteiger partial charge in [0.25, 0.3) is 5.69 Å². The summed E-state index contributed by atoms with van der Waals surface area (Å²) in [6.07, 6.45) is 0. The number of hydrogen-bond donors (Lipinski definition) is 0. The molecule has 0 fully saturated rings. The van der Waals surface area contributed by atoms with Gasteiger partial charge in [0, 0.05) is 28.3 Å². The number of benzene rings is 3. The largest absolute Gasteiger partial charge is 0.496 e. The zero-order chi connectivity index (χ0) is 31.8. The van der Waals surface area contributed by atoms with Gasteiger partial charge in [-0.15, -0.1) is 0 Å². The predicted molar refractivity (Wildman–Crippen MR) is 169 cm³/mol. The minimum Gasteiger partial charge on any atom is -0.496 e. The van der Waals surface area contributed by atoms with Crippen molar-refractivity contribution in [2.24, 2.45) is 0 Å². The molecule has 0 saturated carbocycles. The van der Waals surface area contributed by atoms with E-state index in [0.717, 1.165) is 27.8 Å². The number of esters is 1. The predicted octanol–water partition coefficient (Wildman–Crippen LogP) is 6.51. The van der Waals surface area contributed by atoms with Crippen LogP contribution in [0.15, 0.2) is 77.8 Å². The molecule has 10 nitrogen and oxygen atoms in total. The van der Waals surface area contributed by atoms with E-state index in [-0.39, 0.29) is 29.3 Å². The summed E-state index contributed by atoms with van der Waals surface area (Å²) >= 11 is 1.04. The molecule has 4 rings (SSSR count). The molecule has 0 bridgehead atoms. The van der Waals surface area contributed by atoms with E-state index in [1.54, 1.807) is 33.1 Å². The molecular formula is C33H30N4O6S. The normalized spacial score (nSPS) is 10.5. The van der Waals surface area contributed by atoms with Gasteiger partial charge in [-0.1, -0.05) is 65.9 Å². The Morgan fingerprint density at radius 1 is 1.05 bits per heavy atom. The van der Waals surface area contributed by atoms with Gasteiger partial charge in [0.1, 0.15) is 23.4 Å². The number of nitrogens with zero attached hydrogens (tertiary/aromatic N) is 4. The molecule has 0 aliphatic heterocycles. The van der Waals surface area contributed by atoms with Crippen molar-refractivity contribution in [2.75, 3.05) is 30.9 Å². The summed E-state index contributed by atoms with van der Waals surface area (Å²) in [7, 11) is 1.55. The van der Waals surface area contributed by atoms with Gasteiger partial charge >= 0.3 is 5.97 Å². The SMILES string of the molecule is CCOC(=O)CN(C(=O)CSc1nc(-c2ccc(C)cc2)cc(-c2ccccc2OC)c1C#N)c1ccc(C)c([N+](=O)[O-])c1. The lowest BCUT2D eigenvalue weighted by Crippen LogP contribution is -2.37. The number of para-hydroxylation sites is 1. The average molecular weight is 611 g/mol. The quantitative estimate of drug-likeness (QED) is 0.0806. The zero-order valence-corrected chi connectivity index (χ0v) is 25.5. The summed E-state index contributed by atoms with van der Waals surface area (Å²) in [5.74, 6) is -0.833. The van der Waals surface area contributed by atoms with Crippen LogP contribution in [0.1, 0.15) is 23.6 Å². The Hall–Kier alpha value is -5.21. The van der Waals surface area contributed by atoms with E-state index in [0.29, 0.717) is 33.2 Å². The Bertz CT molecular complexity index is 1750. The third-order valence-corrected chi connectivity index (χ3v) is 7.73. The highest BCUT2D eigenvalue weighted by molar-refractivity contribution is 8.00. The first-order valence-electron chi connectivity index (χ1n) is 13.7. The number of carbonyl (C=O) groups excluding carboxylic acids is 2. The summed E-state index contributed by atoms with van der Waals surface area (Å²) in [6.45, 7) is 4.88. The molecule has 0 spiro atoms. The van der Waals surface area contributed by atoms with E-state index in [1.807, 2.05) is 55.5 Å². The van der Waals surface area contributed by atoms with Crippen LogP contribution in [-0.2, 0) is 14.3 Å². The van der Waals surface area contributed by atoms with Gasteiger partial charge in [-0.05, 0) is 39.0 Å². The maximum atomic E-state index is 13.7. The fourth-order valence-electron chi connectivity index (χ4n) is 4.52. The first kappa shape index (κ1) is 31.7. The van der Waals surface area contributed by atoms with Crippen molar-refractivity contribution in [3.63, 3.8) is 0 Å². The molecule has 1 heterocycles. The highest BCUT2D eigenvalue weighted by Crippen LogP contribution is 2.38. The number of ether oxygens (including phenoxy) is 2. The number of thioether (sulfide) groups is 1. The standard InChI is InChI=1S/C33H30N4O6S/c1-5-43-32(39)19-36(24-15-12-22(3)29(16-24)37(40)41)31(38)20-44-33-27(18-34)26(25-8-6-7-9-30(25)42-4)17-28(35-33)23-13-10-21(2)11-14-23/h6-17H,5,19-20H2,1-4H3. The lowest BCUT2D eigenvalue weighted by molar-refractivity contribution is -0.385. The van der Waals surface area contributed by atoms with Crippen LogP contribution >= 0.6 is 11.8 Å². The van der Waals surface area contributed by atoms with Crippen LogP contribution in [-0.4, -0.2) is 47.8 Å². The van der Waals surface area contributed by atoms with Crippen molar-refractivity contribution in [3.8, 4) is 34.2 Å². The molecule has 44 heavy (non-hydrogen) atoms. The van der Waals surface area contributed by atoms with E-state index < -0.39 is 23.3 Å². The highest BCUT2D eigenvalue weighted by atomic mass is 32.2. The van der Waals surface area contributed by atoms with E-state index >= 15 is 0 Å². The van der Waals surface area contributed by atoms with Crippen LogP contribution < -0.4 is 9.64 Å². The summed E-state index contributed by atoms with van der Waals surface area (Å²) in [6, 6.07) is 23.5. The van der Waals surface area contributed by atoms with Crippen LogP contribution in [0.25, 0.3) is 22.4 Å². The van der Waals surface area contributed by atoms with E-state index in [1.165, 1.54) is 12.1 Å². The van der Waals surface area contributed by atoms with Crippen LogP contribution in [0.4, 0.5) is 11.4 Å². The second-order valence-corrected chi connectivity index (χ2v) is 10.7. The summed E-state index contributed by atoms with van der Waals surface area (Å²) in [5.41, 5.74) is 4.43. The van der Waals surface area contributed by atoms with E-state index in [4.69, 9.17) is 14.5 Å². The highest BCUT2D eigenvalue weighted by Gasteiger charge is 2.25. The molecule has 1 aromatic heterocycles. The molecule has 0 atom stereocenters. The number of nitro groups is 1. The number of aryl methyl sites for hydroxylation is 2. The molecule has 224 valence electrons. The van der Waals surface area contributed by atoms with Crippen molar-refractivity contribution in [2.45, 2.75) is 25.8 Å². The van der Waals surface area contributed by atoms with Crippen LogP contribution in [0.3, 0.4) is 0 Å². The van der Waals surface area contributed by atoms with Gasteiger partial charge in [0.05, 0.1) is 41.3 Å². The Balaban J connectivity index is 1.77. The lowest BCUT2D eigenvalue weighted by Gasteiger charge is -2.22. The van der Waals surface area contributed by atoms with Gasteiger partial charge < -0.3 is 14.4 Å². The first-order valence-corrected chi connectivity index (χ1v) is 14.6. The fourth-order valence-corrected chi connectivity index (χ4v) is 5.39. The van der Waals surface area contributed by atoms with Gasteiger partial charge in [-0.25, -0.2) is 4.98 Å². The van der Waals surface area contributed by atoms with Crippen LogP contribution in [0.5, 0.6) is 5.75 Å². The molecule has 0 radical (unpaired) electrons. The number of rotatable bonds is 11. The maximum Gasteiger partial charge on any atom is 0.326 e. The molecule has 3 aromatic carbocycles. The van der Waals surface area contributed by atoms with Crippen molar-refractivity contribution in [3.05, 3.63) is 99.6 Å². The molecule has 0 unspecified atom stereocenters. The molecule has 0 aliphatic rings. The molecule has 0 aliphatic carbocycles. The topological polar surface area (TPSA) is 136 Å². The van der Waals surface area contributed by atoms with Gasteiger partial charge in [0.15, 0.2) is 0 Å². The molecule has 0 saturated heterocycles. The number of hydrogen-bond acceptors (Lipinski definition) is 9. The third-order valence-electron chi connectivity index (χ3n) is 6.77.